The van der Waals surface area contributed by atoms with Crippen molar-refractivity contribution in [3.63, 3.8) is 0 Å². The first-order chi connectivity index (χ1) is 8.20. The highest BCUT2D eigenvalue weighted by molar-refractivity contribution is 5.93. The fourth-order valence-corrected chi connectivity index (χ4v) is 1.87. The number of hydrogen-bond donors (Lipinski definition) is 0. The molecule has 1 saturated carbocycles. The molecule has 1 aromatic rings. The molecule has 0 bridgehead atoms. The van der Waals surface area contributed by atoms with E-state index < -0.39 is 0 Å². The summed E-state index contributed by atoms with van der Waals surface area (Å²) in [5, 5.41) is 0. The summed E-state index contributed by atoms with van der Waals surface area (Å²) in [6.45, 7) is 4.03. The fraction of sp³-hybridized carbons (Fsp3) is 0.400. The lowest BCUT2D eigenvalue weighted by Gasteiger charge is -2.03. The van der Waals surface area contributed by atoms with E-state index in [0.29, 0.717) is 12.2 Å². The summed E-state index contributed by atoms with van der Waals surface area (Å²) < 4.78 is 4.96. The Bertz CT molecular complexity index is 442. The Kier molecular flexibility index (Phi) is 3.62. The zero-order valence-corrected chi connectivity index (χ0v) is 10.4. The Morgan fingerprint density at radius 1 is 1.47 bits per heavy atom. The number of carbonyl (C=O) groups is 1. The zero-order valence-electron chi connectivity index (χ0n) is 10.4. The van der Waals surface area contributed by atoms with E-state index in [0.717, 1.165) is 11.5 Å². The molecule has 90 valence electrons. The predicted molar refractivity (Wildman–Crippen MR) is 68.7 cm³/mol. The average Bonchev–Trinajstić information content (AvgIpc) is 3.13. The molecule has 17 heavy (non-hydrogen) atoms. The maximum Gasteiger partial charge on any atom is 0.333 e. The van der Waals surface area contributed by atoms with Crippen molar-refractivity contribution in [2.24, 2.45) is 0 Å². The maximum absolute atomic E-state index is 11.5. The van der Waals surface area contributed by atoms with Gasteiger partial charge in [0.25, 0.3) is 0 Å². The van der Waals surface area contributed by atoms with Crippen LogP contribution in [0.2, 0.25) is 0 Å². The second-order valence-corrected chi connectivity index (χ2v) is 4.49. The number of rotatable bonds is 4. The van der Waals surface area contributed by atoms with Crippen molar-refractivity contribution < 1.29 is 9.53 Å². The van der Waals surface area contributed by atoms with E-state index in [2.05, 4.69) is 18.2 Å². The van der Waals surface area contributed by atoms with Gasteiger partial charge in [0, 0.05) is 5.57 Å². The minimum atomic E-state index is -0.232. The molecule has 1 aromatic carbocycles. The summed E-state index contributed by atoms with van der Waals surface area (Å²) in [6.07, 6.45) is 4.48. The molecule has 0 aliphatic heterocycles. The predicted octanol–water partition coefficient (Wildman–Crippen LogP) is 3.53. The van der Waals surface area contributed by atoms with Crippen LogP contribution in [0.15, 0.2) is 29.8 Å². The monoisotopic (exact) mass is 230 g/mol. The number of ether oxygens (including phenoxy) is 1. The summed E-state index contributed by atoms with van der Waals surface area (Å²) in [5.74, 6) is 0.510. The van der Waals surface area contributed by atoms with Crippen LogP contribution in [-0.2, 0) is 9.53 Å². The van der Waals surface area contributed by atoms with Gasteiger partial charge in [-0.15, -0.1) is 0 Å². The Morgan fingerprint density at radius 2 is 2.24 bits per heavy atom. The molecule has 0 heterocycles. The molecule has 2 heteroatoms. The molecule has 0 saturated heterocycles. The van der Waals surface area contributed by atoms with Crippen molar-refractivity contribution in [3.8, 4) is 0 Å². The van der Waals surface area contributed by atoms with Crippen molar-refractivity contribution in [3.05, 3.63) is 41.0 Å². The topological polar surface area (TPSA) is 26.3 Å². The van der Waals surface area contributed by atoms with Crippen molar-refractivity contribution in [2.45, 2.75) is 32.6 Å². The standard InChI is InChI=1S/C15H18O2/c1-3-17-15(16)11(2)9-12-5-4-6-14(10-12)13-7-8-13/h4-6,9-10,13H,3,7-8H2,1-2H3/b11-9+. The van der Waals surface area contributed by atoms with Crippen LogP contribution in [0, 0.1) is 0 Å². The van der Waals surface area contributed by atoms with E-state index in [4.69, 9.17) is 4.74 Å². The van der Waals surface area contributed by atoms with E-state index in [-0.39, 0.29) is 5.97 Å². The van der Waals surface area contributed by atoms with E-state index in [9.17, 15) is 4.79 Å². The molecular formula is C15H18O2. The summed E-state index contributed by atoms with van der Waals surface area (Å²) in [6, 6.07) is 8.40. The molecule has 0 atom stereocenters. The smallest absolute Gasteiger partial charge is 0.333 e. The van der Waals surface area contributed by atoms with E-state index in [1.807, 2.05) is 19.1 Å². The Labute approximate surface area is 102 Å². The highest BCUT2D eigenvalue weighted by atomic mass is 16.5. The molecule has 0 N–H and O–H groups in total. The van der Waals surface area contributed by atoms with Gasteiger partial charge in [0.05, 0.1) is 6.61 Å². The fourth-order valence-electron chi connectivity index (χ4n) is 1.87. The summed E-state index contributed by atoms with van der Waals surface area (Å²) in [4.78, 5) is 11.5. The van der Waals surface area contributed by atoms with Crippen LogP contribution in [0.5, 0.6) is 0 Å². The second-order valence-electron chi connectivity index (χ2n) is 4.49. The molecule has 0 radical (unpaired) electrons. The number of hydrogen-bond acceptors (Lipinski definition) is 2. The Hall–Kier alpha value is -1.57. The molecule has 1 aliphatic rings. The molecule has 0 spiro atoms. The third-order valence-corrected chi connectivity index (χ3v) is 2.94. The number of carbonyl (C=O) groups excluding carboxylic acids is 1. The van der Waals surface area contributed by atoms with E-state index >= 15 is 0 Å². The molecule has 0 aromatic heterocycles. The lowest BCUT2D eigenvalue weighted by Crippen LogP contribution is -2.04. The van der Waals surface area contributed by atoms with Crippen LogP contribution in [0.25, 0.3) is 6.08 Å². The van der Waals surface area contributed by atoms with E-state index in [1.54, 1.807) is 6.92 Å². The van der Waals surface area contributed by atoms with Crippen molar-refractivity contribution in [1.29, 1.82) is 0 Å². The van der Waals surface area contributed by atoms with Gasteiger partial charge >= 0.3 is 5.97 Å². The van der Waals surface area contributed by atoms with Gasteiger partial charge < -0.3 is 4.74 Å². The normalized spacial score (nSPS) is 15.8. The van der Waals surface area contributed by atoms with Crippen LogP contribution in [-0.4, -0.2) is 12.6 Å². The molecule has 0 unspecified atom stereocenters. The van der Waals surface area contributed by atoms with E-state index in [1.165, 1.54) is 18.4 Å². The summed E-state index contributed by atoms with van der Waals surface area (Å²) >= 11 is 0. The van der Waals surface area contributed by atoms with Crippen LogP contribution in [0.4, 0.5) is 0 Å². The lowest BCUT2D eigenvalue weighted by atomic mass is 10.1. The quantitative estimate of drug-likeness (QED) is 0.584. The molecule has 2 nitrogen and oxygen atoms in total. The van der Waals surface area contributed by atoms with Gasteiger partial charge in [-0.1, -0.05) is 24.3 Å². The van der Waals surface area contributed by atoms with Crippen LogP contribution in [0.1, 0.15) is 43.7 Å². The number of benzene rings is 1. The first-order valence-corrected chi connectivity index (χ1v) is 6.16. The van der Waals surface area contributed by atoms with Gasteiger partial charge in [-0.2, -0.15) is 0 Å². The van der Waals surface area contributed by atoms with Crippen LogP contribution in [0.3, 0.4) is 0 Å². The second kappa shape index (κ2) is 5.17. The Morgan fingerprint density at radius 3 is 2.88 bits per heavy atom. The molecule has 1 fully saturated rings. The van der Waals surface area contributed by atoms with Crippen molar-refractivity contribution in [2.75, 3.05) is 6.61 Å². The Balaban J connectivity index is 2.13. The van der Waals surface area contributed by atoms with Crippen molar-refractivity contribution >= 4 is 12.0 Å². The van der Waals surface area contributed by atoms with Crippen LogP contribution >= 0.6 is 0 Å². The van der Waals surface area contributed by atoms with Gasteiger partial charge in [0.2, 0.25) is 0 Å². The first kappa shape index (κ1) is 11.9. The summed E-state index contributed by atoms with van der Waals surface area (Å²) in [7, 11) is 0. The first-order valence-electron chi connectivity index (χ1n) is 6.16. The van der Waals surface area contributed by atoms with Gasteiger partial charge in [0.1, 0.15) is 0 Å². The zero-order chi connectivity index (χ0) is 12.3. The van der Waals surface area contributed by atoms with Gasteiger partial charge in [0.15, 0.2) is 0 Å². The highest BCUT2D eigenvalue weighted by Crippen LogP contribution is 2.40. The van der Waals surface area contributed by atoms with Gasteiger partial charge in [-0.05, 0) is 49.8 Å². The van der Waals surface area contributed by atoms with Crippen LogP contribution < -0.4 is 0 Å². The molecular weight excluding hydrogens is 212 g/mol. The minimum Gasteiger partial charge on any atom is -0.463 e. The highest BCUT2D eigenvalue weighted by Gasteiger charge is 2.23. The maximum atomic E-state index is 11.5. The van der Waals surface area contributed by atoms with Gasteiger partial charge in [-0.3, -0.25) is 0 Å². The minimum absolute atomic E-state index is 0.232. The SMILES string of the molecule is CCOC(=O)/C(C)=C/c1cccc(C2CC2)c1. The third kappa shape index (κ3) is 3.19. The average molecular weight is 230 g/mol. The van der Waals surface area contributed by atoms with Gasteiger partial charge in [-0.25, -0.2) is 4.79 Å². The molecule has 0 amide bonds. The summed E-state index contributed by atoms with van der Waals surface area (Å²) in [5.41, 5.74) is 3.12. The molecule has 2 rings (SSSR count). The lowest BCUT2D eigenvalue weighted by molar-refractivity contribution is -0.138. The third-order valence-electron chi connectivity index (χ3n) is 2.94. The molecule has 1 aliphatic carbocycles. The van der Waals surface area contributed by atoms with Crippen molar-refractivity contribution in [1.82, 2.24) is 0 Å². The largest absolute Gasteiger partial charge is 0.463 e. The number of esters is 1.